The summed E-state index contributed by atoms with van der Waals surface area (Å²) in [5.41, 5.74) is 7.36. The number of carbonyl (C=O) groups is 1. The molecule has 0 aromatic heterocycles. The van der Waals surface area contributed by atoms with E-state index in [2.05, 4.69) is 60.4 Å². The van der Waals surface area contributed by atoms with Crippen molar-refractivity contribution in [2.45, 2.75) is 47.8 Å². The summed E-state index contributed by atoms with van der Waals surface area (Å²) in [6, 6.07) is 31.0. The number of hydrogen-bond donors (Lipinski definition) is 1. The van der Waals surface area contributed by atoms with Crippen LogP contribution in [-0.2, 0) is 10.2 Å². The van der Waals surface area contributed by atoms with Crippen LogP contribution in [0.15, 0.2) is 95.9 Å². The van der Waals surface area contributed by atoms with E-state index in [-0.39, 0.29) is 11.2 Å². The van der Waals surface area contributed by atoms with E-state index in [4.69, 9.17) is 5.73 Å². The Kier molecular flexibility index (Phi) is 8.18. The largest absolute Gasteiger partial charge is 0.369 e. The number of primary amides is 1. The number of rotatable bonds is 10. The molecular formula is C28H32N2OS2. The zero-order valence-corrected chi connectivity index (χ0v) is 20.7. The van der Waals surface area contributed by atoms with E-state index in [1.165, 1.54) is 17.7 Å². The van der Waals surface area contributed by atoms with Crippen LogP contribution in [0.3, 0.4) is 0 Å². The summed E-state index contributed by atoms with van der Waals surface area (Å²) < 4.78 is 0. The molecule has 3 nitrogen and oxygen atoms in total. The average Bonchev–Trinajstić information content (AvgIpc) is 3.40. The highest BCUT2D eigenvalue weighted by Gasteiger charge is 2.48. The van der Waals surface area contributed by atoms with Gasteiger partial charge in [0.15, 0.2) is 0 Å². The van der Waals surface area contributed by atoms with Crippen LogP contribution in [0.4, 0.5) is 0 Å². The molecule has 4 rings (SSSR count). The van der Waals surface area contributed by atoms with Gasteiger partial charge in [-0.05, 0) is 62.5 Å². The molecule has 5 heteroatoms. The number of likely N-dealkylation sites (tertiary alicyclic amines) is 1. The number of carbonyl (C=O) groups excluding carboxylic acids is 1. The molecule has 1 saturated heterocycles. The Labute approximate surface area is 205 Å². The van der Waals surface area contributed by atoms with Crippen molar-refractivity contribution in [1.82, 2.24) is 4.90 Å². The highest BCUT2D eigenvalue weighted by Crippen LogP contribution is 2.49. The van der Waals surface area contributed by atoms with Crippen LogP contribution in [0.25, 0.3) is 0 Å². The van der Waals surface area contributed by atoms with Crippen molar-refractivity contribution in [3.8, 4) is 0 Å². The topological polar surface area (TPSA) is 46.3 Å². The fourth-order valence-corrected chi connectivity index (χ4v) is 7.97. The van der Waals surface area contributed by atoms with Gasteiger partial charge in [0.1, 0.15) is 5.41 Å². The van der Waals surface area contributed by atoms with Gasteiger partial charge in [-0.25, -0.2) is 0 Å². The maximum atomic E-state index is 13.6. The van der Waals surface area contributed by atoms with Crippen molar-refractivity contribution in [3.05, 3.63) is 102 Å². The second-order valence-corrected chi connectivity index (χ2v) is 11.2. The minimum atomic E-state index is -0.928. The molecule has 0 radical (unpaired) electrons. The molecule has 3 aromatic rings. The van der Waals surface area contributed by atoms with Gasteiger partial charge in [-0.3, -0.25) is 4.79 Å². The monoisotopic (exact) mass is 476 g/mol. The number of nitrogens with two attached hydrogens (primary N) is 1. The lowest BCUT2D eigenvalue weighted by Gasteiger charge is -2.41. The fraction of sp³-hybridized carbons (Fsp3) is 0.321. The Hall–Kier alpha value is -2.21. The van der Waals surface area contributed by atoms with Gasteiger partial charge < -0.3 is 10.6 Å². The van der Waals surface area contributed by atoms with E-state index in [0.717, 1.165) is 30.6 Å². The van der Waals surface area contributed by atoms with Gasteiger partial charge in [-0.1, -0.05) is 100 Å². The van der Waals surface area contributed by atoms with E-state index < -0.39 is 5.41 Å². The summed E-state index contributed by atoms with van der Waals surface area (Å²) in [7, 11) is 3.51. The van der Waals surface area contributed by atoms with E-state index in [9.17, 15) is 4.79 Å². The van der Waals surface area contributed by atoms with Crippen molar-refractivity contribution >= 4 is 27.5 Å². The van der Waals surface area contributed by atoms with Crippen LogP contribution >= 0.6 is 21.6 Å². The second-order valence-electron chi connectivity index (χ2n) is 8.71. The molecule has 2 N–H and O–H groups in total. The third kappa shape index (κ3) is 5.32. The molecule has 0 spiro atoms. The second kappa shape index (κ2) is 11.3. The number of hydrogen-bond acceptors (Lipinski definition) is 4. The van der Waals surface area contributed by atoms with Gasteiger partial charge in [0, 0.05) is 16.2 Å². The predicted octanol–water partition coefficient (Wildman–Crippen LogP) is 6.14. The highest BCUT2D eigenvalue weighted by molar-refractivity contribution is 8.77. The van der Waals surface area contributed by atoms with Crippen LogP contribution in [0.5, 0.6) is 0 Å². The number of nitrogens with zero attached hydrogens (tertiary/aromatic N) is 1. The molecule has 0 saturated carbocycles. The third-order valence-electron chi connectivity index (χ3n) is 6.65. The lowest BCUT2D eigenvalue weighted by Crippen LogP contribution is -2.51. The molecule has 1 fully saturated rings. The van der Waals surface area contributed by atoms with Gasteiger partial charge in [-0.2, -0.15) is 0 Å². The molecule has 1 aliphatic heterocycles. The number of benzene rings is 3. The summed E-state index contributed by atoms with van der Waals surface area (Å²) in [6.45, 7) is 4.56. The molecule has 2 atom stereocenters. The van der Waals surface area contributed by atoms with E-state index >= 15 is 0 Å². The summed E-state index contributed by atoms with van der Waals surface area (Å²) in [6.07, 6.45) is 3.37. The van der Waals surface area contributed by atoms with Crippen molar-refractivity contribution in [2.24, 2.45) is 5.73 Å². The van der Waals surface area contributed by atoms with E-state index in [0.29, 0.717) is 6.04 Å². The summed E-state index contributed by atoms with van der Waals surface area (Å²) in [5, 5.41) is -0.0411. The molecule has 33 heavy (non-hydrogen) atoms. The van der Waals surface area contributed by atoms with Gasteiger partial charge >= 0.3 is 0 Å². The maximum absolute atomic E-state index is 13.6. The summed E-state index contributed by atoms with van der Waals surface area (Å²) in [5.74, 6) is -0.292. The van der Waals surface area contributed by atoms with Crippen molar-refractivity contribution in [3.63, 3.8) is 0 Å². The molecule has 172 valence electrons. The molecule has 1 amide bonds. The van der Waals surface area contributed by atoms with Gasteiger partial charge in [-0.15, -0.1) is 0 Å². The van der Waals surface area contributed by atoms with Crippen molar-refractivity contribution < 1.29 is 4.79 Å². The normalized spacial score (nSPS) is 16.4. The first-order valence-electron chi connectivity index (χ1n) is 11.7. The van der Waals surface area contributed by atoms with Crippen LogP contribution in [-0.4, -0.2) is 35.2 Å². The third-order valence-corrected chi connectivity index (χ3v) is 9.55. The van der Waals surface area contributed by atoms with Crippen LogP contribution in [0, 0.1) is 0 Å². The van der Waals surface area contributed by atoms with Crippen molar-refractivity contribution in [1.29, 1.82) is 0 Å². The Balaban J connectivity index is 1.79. The smallest absolute Gasteiger partial charge is 0.233 e. The van der Waals surface area contributed by atoms with Crippen LogP contribution in [0.1, 0.15) is 37.3 Å². The SMILES string of the molecule is CC(CC(SSc1ccccc1)C(C(N)=O)(c1ccccc1)c1ccccc1)N1CCCC1. The van der Waals surface area contributed by atoms with E-state index in [1.54, 1.807) is 21.6 Å². The zero-order valence-electron chi connectivity index (χ0n) is 19.1. The zero-order chi connectivity index (χ0) is 23.1. The van der Waals surface area contributed by atoms with Gasteiger partial charge in [0.25, 0.3) is 0 Å². The summed E-state index contributed by atoms with van der Waals surface area (Å²) in [4.78, 5) is 17.3. The first-order valence-corrected chi connectivity index (χ1v) is 13.9. The highest BCUT2D eigenvalue weighted by atomic mass is 33.1. The Bertz CT molecular complexity index is 968. The number of amides is 1. The first kappa shape index (κ1) is 23.9. The lowest BCUT2D eigenvalue weighted by molar-refractivity contribution is -0.122. The quantitative estimate of drug-likeness (QED) is 0.357. The van der Waals surface area contributed by atoms with E-state index in [1.807, 2.05) is 42.5 Å². The Morgan fingerprint density at radius 1 is 0.879 bits per heavy atom. The standard InChI is InChI=1S/C28H32N2OS2/c1-22(30-19-11-12-20-30)21-26(33-32-25-17-9-4-10-18-25)28(27(29)31,23-13-5-2-6-14-23)24-15-7-3-8-16-24/h2-10,13-18,22,26H,11-12,19-21H2,1H3,(H2,29,31). The molecular weight excluding hydrogens is 444 g/mol. The molecule has 1 aliphatic rings. The molecule has 2 unspecified atom stereocenters. The minimum absolute atomic E-state index is 0.0411. The Morgan fingerprint density at radius 3 is 1.85 bits per heavy atom. The summed E-state index contributed by atoms with van der Waals surface area (Å²) >= 11 is 0. The van der Waals surface area contributed by atoms with Crippen LogP contribution in [0.2, 0.25) is 0 Å². The molecule has 0 bridgehead atoms. The Morgan fingerprint density at radius 2 is 1.36 bits per heavy atom. The molecule has 3 aromatic carbocycles. The predicted molar refractivity (Wildman–Crippen MR) is 141 cm³/mol. The fourth-order valence-electron chi connectivity index (χ4n) is 4.90. The average molecular weight is 477 g/mol. The lowest BCUT2D eigenvalue weighted by atomic mass is 9.69. The maximum Gasteiger partial charge on any atom is 0.233 e. The van der Waals surface area contributed by atoms with Crippen molar-refractivity contribution in [2.75, 3.05) is 13.1 Å². The van der Waals surface area contributed by atoms with Crippen LogP contribution < -0.4 is 5.73 Å². The molecule has 1 heterocycles. The van der Waals surface area contributed by atoms with Gasteiger partial charge in [0.2, 0.25) is 5.91 Å². The molecule has 0 aliphatic carbocycles. The minimum Gasteiger partial charge on any atom is -0.369 e. The van der Waals surface area contributed by atoms with Gasteiger partial charge in [0.05, 0.1) is 0 Å². The first-order chi connectivity index (χ1) is 16.1.